The van der Waals surface area contributed by atoms with Crippen LogP contribution in [0.15, 0.2) is 71.6 Å². The van der Waals surface area contributed by atoms with Crippen LogP contribution >= 0.6 is 11.6 Å². The Morgan fingerprint density at radius 3 is 2.05 bits per heavy atom. The average Bonchev–Trinajstić information content (AvgIpc) is 2.89. The van der Waals surface area contributed by atoms with E-state index >= 15 is 0 Å². The molecule has 39 heavy (non-hydrogen) atoms. The molecule has 0 fully saturated rings. The molecule has 0 spiro atoms. The van der Waals surface area contributed by atoms with E-state index in [1.165, 1.54) is 17.0 Å². The summed E-state index contributed by atoms with van der Waals surface area (Å²) >= 11 is 6.04. The van der Waals surface area contributed by atoms with Crippen LogP contribution in [0.1, 0.15) is 42.5 Å². The van der Waals surface area contributed by atoms with Crippen molar-refractivity contribution in [3.05, 3.63) is 94.0 Å². The van der Waals surface area contributed by atoms with Gasteiger partial charge in [0.2, 0.25) is 11.8 Å². The number of hydrogen-bond acceptors (Lipinski definition) is 4. The third-order valence-electron chi connectivity index (χ3n) is 6.36. The first-order valence-corrected chi connectivity index (χ1v) is 14.7. The number of aryl methyl sites for hydroxylation is 3. The van der Waals surface area contributed by atoms with Crippen LogP contribution in [-0.4, -0.2) is 44.3 Å². The summed E-state index contributed by atoms with van der Waals surface area (Å²) in [6, 6.07) is 18.1. The summed E-state index contributed by atoms with van der Waals surface area (Å²) in [7, 11) is -4.10. The van der Waals surface area contributed by atoms with Crippen LogP contribution in [-0.2, 0) is 26.2 Å². The Bertz CT molecular complexity index is 1390. The topological polar surface area (TPSA) is 86.8 Å². The minimum atomic E-state index is -4.10. The molecule has 3 aromatic rings. The highest BCUT2D eigenvalue weighted by atomic mass is 35.5. The van der Waals surface area contributed by atoms with Crippen molar-refractivity contribution in [3.8, 4) is 0 Å². The van der Waals surface area contributed by atoms with Crippen molar-refractivity contribution in [2.45, 2.75) is 58.5 Å². The molecule has 0 saturated carbocycles. The summed E-state index contributed by atoms with van der Waals surface area (Å²) in [6.07, 6.45) is 0.749. The third-order valence-corrected chi connectivity index (χ3v) is 8.41. The molecule has 1 atom stereocenters. The average molecular weight is 570 g/mol. The fourth-order valence-corrected chi connectivity index (χ4v) is 5.75. The molecule has 0 aliphatic rings. The van der Waals surface area contributed by atoms with Crippen LogP contribution < -0.4 is 9.62 Å². The molecule has 0 aliphatic carbocycles. The fraction of sp³-hybridized carbons (Fsp3) is 0.333. The zero-order valence-corrected chi connectivity index (χ0v) is 24.6. The van der Waals surface area contributed by atoms with E-state index in [0.717, 1.165) is 33.0 Å². The van der Waals surface area contributed by atoms with Gasteiger partial charge in [-0.05, 0) is 87.2 Å². The Kier molecular flexibility index (Phi) is 10.2. The number of anilines is 1. The molecule has 0 heterocycles. The monoisotopic (exact) mass is 569 g/mol. The molecule has 2 amide bonds. The van der Waals surface area contributed by atoms with Gasteiger partial charge in [0.25, 0.3) is 10.0 Å². The Morgan fingerprint density at radius 2 is 1.49 bits per heavy atom. The maximum absolute atomic E-state index is 13.9. The maximum Gasteiger partial charge on any atom is 0.264 e. The minimum Gasteiger partial charge on any atom is -0.354 e. The molecule has 0 aliphatic heterocycles. The van der Waals surface area contributed by atoms with Crippen LogP contribution in [0.2, 0.25) is 5.02 Å². The van der Waals surface area contributed by atoms with Crippen LogP contribution in [0.4, 0.5) is 5.69 Å². The van der Waals surface area contributed by atoms with E-state index in [0.29, 0.717) is 17.3 Å². The zero-order valence-electron chi connectivity index (χ0n) is 23.1. The predicted molar refractivity (Wildman–Crippen MR) is 156 cm³/mol. The van der Waals surface area contributed by atoms with Crippen molar-refractivity contribution >= 4 is 39.1 Å². The van der Waals surface area contributed by atoms with Gasteiger partial charge in [-0.3, -0.25) is 13.9 Å². The summed E-state index contributed by atoms with van der Waals surface area (Å²) in [5, 5.41) is 3.39. The number of nitrogens with zero attached hydrogens (tertiary/aromatic N) is 2. The molecule has 3 rings (SSSR count). The van der Waals surface area contributed by atoms with Crippen molar-refractivity contribution in [1.82, 2.24) is 10.2 Å². The second-order valence-electron chi connectivity index (χ2n) is 9.79. The zero-order chi connectivity index (χ0) is 28.7. The van der Waals surface area contributed by atoms with Gasteiger partial charge >= 0.3 is 0 Å². The molecule has 208 valence electrons. The van der Waals surface area contributed by atoms with E-state index in [9.17, 15) is 18.0 Å². The number of nitrogens with one attached hydrogen (secondary N) is 1. The van der Waals surface area contributed by atoms with Crippen molar-refractivity contribution < 1.29 is 18.0 Å². The molecule has 0 unspecified atom stereocenters. The second kappa shape index (κ2) is 13.1. The lowest BCUT2D eigenvalue weighted by molar-refractivity contribution is -0.139. The minimum absolute atomic E-state index is 0.0815. The van der Waals surface area contributed by atoms with Gasteiger partial charge in [0.1, 0.15) is 12.6 Å². The first-order valence-electron chi connectivity index (χ1n) is 12.9. The van der Waals surface area contributed by atoms with Gasteiger partial charge in [-0.25, -0.2) is 8.42 Å². The van der Waals surface area contributed by atoms with Crippen molar-refractivity contribution in [2.75, 3.05) is 17.4 Å². The van der Waals surface area contributed by atoms with E-state index in [2.05, 4.69) is 5.32 Å². The number of halogens is 1. The number of sulfonamides is 1. The highest BCUT2D eigenvalue weighted by Crippen LogP contribution is 2.27. The van der Waals surface area contributed by atoms with Gasteiger partial charge in [-0.15, -0.1) is 0 Å². The van der Waals surface area contributed by atoms with Gasteiger partial charge < -0.3 is 10.2 Å². The highest BCUT2D eigenvalue weighted by molar-refractivity contribution is 7.92. The Hall–Kier alpha value is -3.36. The molecule has 0 saturated heterocycles. The standard InChI is InChI=1S/C30H36ClN3O4S/c1-6-15-32-30(36)24(5)33(19-25-9-11-26(31)12-10-25)29(35)20-34(27-17-22(3)16-23(4)18-27)39(37,38)28-13-7-21(2)8-14-28/h7-14,16-18,24H,6,15,19-20H2,1-5H3,(H,32,36)/t24-/m1/s1. The van der Waals surface area contributed by atoms with Gasteiger partial charge in [0.05, 0.1) is 10.6 Å². The van der Waals surface area contributed by atoms with E-state index < -0.39 is 28.5 Å². The second-order valence-corrected chi connectivity index (χ2v) is 12.1. The maximum atomic E-state index is 13.9. The quantitative estimate of drug-likeness (QED) is 0.335. The molecule has 3 aromatic carbocycles. The summed E-state index contributed by atoms with van der Waals surface area (Å²) in [5.41, 5.74) is 3.81. The third kappa shape index (κ3) is 7.83. The lowest BCUT2D eigenvalue weighted by atomic mass is 10.1. The molecule has 7 nitrogen and oxygen atoms in total. The number of carbonyl (C=O) groups excluding carboxylic acids is 2. The molecular weight excluding hydrogens is 534 g/mol. The van der Waals surface area contributed by atoms with E-state index in [-0.39, 0.29) is 17.3 Å². The number of benzene rings is 3. The number of carbonyl (C=O) groups is 2. The summed E-state index contributed by atoms with van der Waals surface area (Å²) < 4.78 is 29.0. The van der Waals surface area contributed by atoms with Crippen LogP contribution in [0.25, 0.3) is 0 Å². The lowest BCUT2D eigenvalue weighted by Crippen LogP contribution is -2.51. The van der Waals surface area contributed by atoms with Crippen molar-refractivity contribution in [3.63, 3.8) is 0 Å². The fourth-order valence-electron chi connectivity index (χ4n) is 4.23. The smallest absolute Gasteiger partial charge is 0.264 e. The number of hydrogen-bond donors (Lipinski definition) is 1. The normalized spacial score (nSPS) is 12.1. The summed E-state index contributed by atoms with van der Waals surface area (Å²) in [4.78, 5) is 28.4. The predicted octanol–water partition coefficient (Wildman–Crippen LogP) is 5.40. The SMILES string of the molecule is CCCNC(=O)[C@@H](C)N(Cc1ccc(Cl)cc1)C(=O)CN(c1cc(C)cc(C)c1)S(=O)(=O)c1ccc(C)cc1. The van der Waals surface area contributed by atoms with Crippen LogP contribution in [0.5, 0.6) is 0 Å². The lowest BCUT2D eigenvalue weighted by Gasteiger charge is -2.32. The van der Waals surface area contributed by atoms with E-state index in [4.69, 9.17) is 11.6 Å². The van der Waals surface area contributed by atoms with Crippen molar-refractivity contribution in [1.29, 1.82) is 0 Å². The van der Waals surface area contributed by atoms with E-state index in [1.807, 2.05) is 33.8 Å². The van der Waals surface area contributed by atoms with Gasteiger partial charge in [0, 0.05) is 18.1 Å². The first kappa shape index (κ1) is 30.2. The van der Waals surface area contributed by atoms with Crippen molar-refractivity contribution in [2.24, 2.45) is 0 Å². The number of rotatable bonds is 11. The summed E-state index contributed by atoms with van der Waals surface area (Å²) in [5.74, 6) is -0.808. The molecule has 0 bridgehead atoms. The van der Waals surface area contributed by atoms with Crippen LogP contribution in [0, 0.1) is 20.8 Å². The molecule has 0 aromatic heterocycles. The Labute approximate surface area is 236 Å². The summed E-state index contributed by atoms with van der Waals surface area (Å²) in [6.45, 7) is 9.33. The largest absolute Gasteiger partial charge is 0.354 e. The van der Waals surface area contributed by atoms with Gasteiger partial charge in [-0.1, -0.05) is 54.4 Å². The van der Waals surface area contributed by atoms with Crippen LogP contribution in [0.3, 0.4) is 0 Å². The van der Waals surface area contributed by atoms with Gasteiger partial charge in [0.15, 0.2) is 0 Å². The highest BCUT2D eigenvalue weighted by Gasteiger charge is 2.32. The van der Waals surface area contributed by atoms with Gasteiger partial charge in [-0.2, -0.15) is 0 Å². The molecular formula is C30H36ClN3O4S. The molecule has 1 N–H and O–H groups in total. The Balaban J connectivity index is 2.04. The first-order chi connectivity index (χ1) is 18.4. The Morgan fingerprint density at radius 1 is 0.897 bits per heavy atom. The molecule has 9 heteroatoms. The number of amides is 2. The van der Waals surface area contributed by atoms with E-state index in [1.54, 1.807) is 55.5 Å². The molecule has 0 radical (unpaired) electrons.